The maximum atomic E-state index is 9.00. The summed E-state index contributed by atoms with van der Waals surface area (Å²) in [5, 5.41) is 3.29. The topological polar surface area (TPSA) is 81.1 Å². The van der Waals surface area contributed by atoms with Gasteiger partial charge in [0.15, 0.2) is 0 Å². The molecule has 0 aromatic heterocycles. The molecule has 0 radical (unpaired) electrons. The average Bonchev–Trinajstić information content (AvgIpc) is 2.49. The number of primary amides is 2. The van der Waals surface area contributed by atoms with Crippen LogP contribution in [0, 0.1) is 0 Å². The number of hydrogen-bond acceptors (Lipinski definition) is 2. The van der Waals surface area contributed by atoms with Crippen LogP contribution in [0.2, 0.25) is 0 Å². The van der Waals surface area contributed by atoms with E-state index >= 15 is 0 Å². The smallest absolute Gasteiger partial charge is 0.309 e. The Balaban J connectivity index is 0.000000184. The second-order valence-corrected chi connectivity index (χ2v) is 2.77. The molecule has 70 valence electrons. The van der Waals surface area contributed by atoms with Crippen LogP contribution in [0.4, 0.5) is 4.79 Å². The van der Waals surface area contributed by atoms with Crippen LogP contribution in [-0.2, 0) is 13.1 Å². The molecular formula is C9H13N3O. The maximum Gasteiger partial charge on any atom is 0.309 e. The quantitative estimate of drug-likeness (QED) is 0.536. The fraction of sp³-hybridized carbons (Fsp3) is 0.222. The number of hydrogen-bond donors (Lipinski definition) is 3. The molecule has 2 amide bonds. The summed E-state index contributed by atoms with van der Waals surface area (Å²) in [5.74, 6) is 0. The maximum absolute atomic E-state index is 9.00. The molecule has 1 aromatic rings. The Bertz CT molecular complexity index is 272. The van der Waals surface area contributed by atoms with Crippen molar-refractivity contribution in [3.63, 3.8) is 0 Å². The second-order valence-electron chi connectivity index (χ2n) is 2.77. The van der Waals surface area contributed by atoms with Crippen LogP contribution in [0.15, 0.2) is 24.3 Å². The summed E-state index contributed by atoms with van der Waals surface area (Å²) in [6.45, 7) is 2.10. The number of carbonyl (C=O) groups excluding carboxylic acids is 1. The van der Waals surface area contributed by atoms with Crippen molar-refractivity contribution in [2.75, 3.05) is 0 Å². The zero-order valence-corrected chi connectivity index (χ0v) is 7.29. The fourth-order valence-corrected chi connectivity index (χ4v) is 1.23. The molecule has 0 spiro atoms. The van der Waals surface area contributed by atoms with Gasteiger partial charge in [0.2, 0.25) is 0 Å². The van der Waals surface area contributed by atoms with E-state index in [0.29, 0.717) is 0 Å². The predicted molar refractivity (Wildman–Crippen MR) is 50.8 cm³/mol. The van der Waals surface area contributed by atoms with Gasteiger partial charge in [-0.25, -0.2) is 4.79 Å². The molecule has 13 heavy (non-hydrogen) atoms. The highest BCUT2D eigenvalue weighted by atomic mass is 16.2. The Labute approximate surface area is 76.9 Å². The summed E-state index contributed by atoms with van der Waals surface area (Å²) in [6.07, 6.45) is 0. The molecule has 4 heteroatoms. The van der Waals surface area contributed by atoms with Gasteiger partial charge in [-0.2, -0.15) is 0 Å². The van der Waals surface area contributed by atoms with Crippen molar-refractivity contribution >= 4 is 6.03 Å². The van der Waals surface area contributed by atoms with Gasteiger partial charge in [0.1, 0.15) is 0 Å². The lowest BCUT2D eigenvalue weighted by molar-refractivity contribution is 0.256. The molecule has 4 nitrogen and oxygen atoms in total. The Morgan fingerprint density at radius 3 is 1.92 bits per heavy atom. The van der Waals surface area contributed by atoms with Gasteiger partial charge < -0.3 is 16.8 Å². The van der Waals surface area contributed by atoms with E-state index in [2.05, 4.69) is 41.0 Å². The van der Waals surface area contributed by atoms with Crippen LogP contribution in [0.5, 0.6) is 0 Å². The number of fused-ring (bicyclic) bond motifs is 1. The van der Waals surface area contributed by atoms with Gasteiger partial charge >= 0.3 is 6.03 Å². The number of urea groups is 1. The van der Waals surface area contributed by atoms with Gasteiger partial charge in [0.25, 0.3) is 0 Å². The van der Waals surface area contributed by atoms with Crippen molar-refractivity contribution in [1.29, 1.82) is 0 Å². The van der Waals surface area contributed by atoms with Crippen molar-refractivity contribution in [1.82, 2.24) is 5.32 Å². The molecule has 5 N–H and O–H groups in total. The van der Waals surface area contributed by atoms with E-state index in [0.717, 1.165) is 13.1 Å². The summed E-state index contributed by atoms with van der Waals surface area (Å²) in [4.78, 5) is 9.00. The van der Waals surface area contributed by atoms with Gasteiger partial charge in [-0.1, -0.05) is 24.3 Å². The number of carbonyl (C=O) groups is 1. The van der Waals surface area contributed by atoms with Crippen molar-refractivity contribution < 1.29 is 4.79 Å². The molecule has 2 rings (SSSR count). The lowest BCUT2D eigenvalue weighted by atomic mass is 10.1. The zero-order chi connectivity index (χ0) is 9.68. The number of amides is 2. The molecule has 0 aliphatic carbocycles. The second kappa shape index (κ2) is 4.47. The van der Waals surface area contributed by atoms with Gasteiger partial charge in [0, 0.05) is 13.1 Å². The minimum atomic E-state index is -0.833. The first-order chi connectivity index (χ1) is 6.20. The largest absolute Gasteiger partial charge is 0.352 e. The first-order valence-electron chi connectivity index (χ1n) is 4.02. The van der Waals surface area contributed by atoms with Crippen molar-refractivity contribution in [3.8, 4) is 0 Å². The van der Waals surface area contributed by atoms with Crippen LogP contribution in [0.25, 0.3) is 0 Å². The third kappa shape index (κ3) is 3.13. The molecule has 0 unspecified atom stereocenters. The van der Waals surface area contributed by atoms with E-state index in [1.165, 1.54) is 11.1 Å². The summed E-state index contributed by atoms with van der Waals surface area (Å²) in [7, 11) is 0. The summed E-state index contributed by atoms with van der Waals surface area (Å²) in [6, 6.07) is 7.70. The van der Waals surface area contributed by atoms with Crippen molar-refractivity contribution in [2.45, 2.75) is 13.1 Å². The Kier molecular flexibility index (Phi) is 3.28. The number of rotatable bonds is 0. The predicted octanol–water partition coefficient (Wildman–Crippen LogP) is 0.314. The van der Waals surface area contributed by atoms with E-state index in [1.54, 1.807) is 0 Å². The van der Waals surface area contributed by atoms with E-state index in [9.17, 15) is 0 Å². The first kappa shape index (κ1) is 9.54. The third-order valence-electron chi connectivity index (χ3n) is 1.75. The molecule has 0 bridgehead atoms. The normalized spacial score (nSPS) is 12.6. The summed E-state index contributed by atoms with van der Waals surface area (Å²) < 4.78 is 0. The van der Waals surface area contributed by atoms with Crippen LogP contribution in [0.1, 0.15) is 11.1 Å². The molecule has 1 heterocycles. The molecule has 0 saturated heterocycles. The van der Waals surface area contributed by atoms with Gasteiger partial charge in [-0.15, -0.1) is 0 Å². The van der Waals surface area contributed by atoms with E-state index in [4.69, 9.17) is 4.79 Å². The third-order valence-corrected chi connectivity index (χ3v) is 1.75. The van der Waals surface area contributed by atoms with Crippen molar-refractivity contribution in [3.05, 3.63) is 35.4 Å². The van der Waals surface area contributed by atoms with Crippen LogP contribution >= 0.6 is 0 Å². The van der Waals surface area contributed by atoms with E-state index < -0.39 is 6.03 Å². The molecular weight excluding hydrogens is 166 g/mol. The monoisotopic (exact) mass is 179 g/mol. The molecule has 0 atom stereocenters. The highest BCUT2D eigenvalue weighted by Gasteiger charge is 2.06. The average molecular weight is 179 g/mol. The molecule has 0 fully saturated rings. The Morgan fingerprint density at radius 2 is 1.54 bits per heavy atom. The standard InChI is InChI=1S/C8H9N.CH4N2O/c1-2-4-8-6-9-5-7(8)3-1;2-1(3)4/h1-4,9H,5-6H2;(H4,2,3,4). The number of nitrogens with one attached hydrogen (secondary N) is 1. The van der Waals surface area contributed by atoms with Crippen LogP contribution in [0.3, 0.4) is 0 Å². The Morgan fingerprint density at radius 1 is 1.15 bits per heavy atom. The van der Waals surface area contributed by atoms with Crippen LogP contribution in [-0.4, -0.2) is 6.03 Å². The van der Waals surface area contributed by atoms with E-state index in [1.807, 2.05) is 0 Å². The molecule has 1 aliphatic heterocycles. The minimum Gasteiger partial charge on any atom is -0.352 e. The minimum absolute atomic E-state index is 0.833. The highest BCUT2D eigenvalue weighted by Crippen LogP contribution is 2.12. The van der Waals surface area contributed by atoms with Crippen LogP contribution < -0.4 is 16.8 Å². The SMILES string of the molecule is NC(N)=O.c1ccc2c(c1)CNC2. The van der Waals surface area contributed by atoms with Gasteiger partial charge in [0.05, 0.1) is 0 Å². The number of nitrogens with two attached hydrogens (primary N) is 2. The molecule has 1 aliphatic rings. The van der Waals surface area contributed by atoms with Crippen molar-refractivity contribution in [2.24, 2.45) is 11.5 Å². The molecule has 1 aromatic carbocycles. The Hall–Kier alpha value is -1.55. The highest BCUT2D eigenvalue weighted by molar-refractivity contribution is 5.69. The number of benzene rings is 1. The van der Waals surface area contributed by atoms with E-state index in [-0.39, 0.29) is 0 Å². The lowest BCUT2D eigenvalue weighted by Crippen LogP contribution is -2.18. The summed E-state index contributed by atoms with van der Waals surface area (Å²) >= 11 is 0. The molecule has 0 saturated carbocycles. The van der Waals surface area contributed by atoms with Gasteiger partial charge in [-0.05, 0) is 11.1 Å². The first-order valence-corrected chi connectivity index (χ1v) is 4.02. The summed E-state index contributed by atoms with van der Waals surface area (Å²) in [5.41, 5.74) is 11.4. The van der Waals surface area contributed by atoms with Gasteiger partial charge in [-0.3, -0.25) is 0 Å². The fourth-order valence-electron chi connectivity index (χ4n) is 1.23. The lowest BCUT2D eigenvalue weighted by Gasteiger charge is -1.91. The zero-order valence-electron chi connectivity index (χ0n) is 7.29.